The topological polar surface area (TPSA) is 215 Å². The van der Waals surface area contributed by atoms with Gasteiger partial charge in [-0.15, -0.1) is 0 Å². The molecule has 15 heteroatoms. The average Bonchev–Trinajstić information content (AvgIpc) is 3.72. The maximum Gasteiger partial charge on any atom is 0.245 e. The number of carbonyl (C=O) groups is 6. The number of aliphatic hydroxyl groups is 1. The van der Waals surface area contributed by atoms with Gasteiger partial charge >= 0.3 is 0 Å². The van der Waals surface area contributed by atoms with E-state index in [1.807, 2.05) is 38.1 Å². The van der Waals surface area contributed by atoms with Crippen molar-refractivity contribution < 1.29 is 33.9 Å². The molecule has 4 heterocycles. The van der Waals surface area contributed by atoms with E-state index in [2.05, 4.69) is 36.6 Å². The van der Waals surface area contributed by atoms with E-state index in [4.69, 9.17) is 0 Å². The van der Waals surface area contributed by atoms with Crippen LogP contribution in [-0.4, -0.2) is 105 Å². The van der Waals surface area contributed by atoms with Gasteiger partial charge in [-0.1, -0.05) is 38.1 Å². The zero-order valence-corrected chi connectivity index (χ0v) is 30.4. The van der Waals surface area contributed by atoms with Crippen LogP contribution >= 0.6 is 0 Å². The number of aromatic amines is 1. The minimum atomic E-state index is -1.16. The molecule has 0 aliphatic carbocycles. The lowest BCUT2D eigenvalue weighted by atomic mass is 10.00. The Labute approximate surface area is 308 Å². The minimum Gasteiger partial charge on any atom is -0.391 e. The number of benzene rings is 1. The highest BCUT2D eigenvalue weighted by molar-refractivity contribution is 5.97. The van der Waals surface area contributed by atoms with Crippen molar-refractivity contribution in [3.63, 3.8) is 0 Å². The predicted molar refractivity (Wildman–Crippen MR) is 196 cm³/mol. The van der Waals surface area contributed by atoms with Crippen molar-refractivity contribution in [1.82, 2.24) is 41.5 Å². The normalized spacial score (nSPS) is 25.4. The molecule has 0 unspecified atom stereocenters. The molecule has 2 saturated heterocycles. The molecule has 1 aromatic carbocycles. The quantitative estimate of drug-likeness (QED) is 0.183. The number of aliphatic hydroxyl groups excluding tert-OH is 1. The summed E-state index contributed by atoms with van der Waals surface area (Å²) >= 11 is 0. The van der Waals surface area contributed by atoms with E-state index in [1.165, 1.54) is 11.8 Å². The van der Waals surface area contributed by atoms with Crippen molar-refractivity contribution in [1.29, 1.82) is 0 Å². The second-order valence-corrected chi connectivity index (χ2v) is 14.4. The van der Waals surface area contributed by atoms with Gasteiger partial charge in [0.25, 0.3) is 0 Å². The monoisotopic (exact) mass is 730 g/mol. The van der Waals surface area contributed by atoms with Crippen LogP contribution in [0.4, 0.5) is 0 Å². The van der Waals surface area contributed by atoms with Gasteiger partial charge in [-0.05, 0) is 61.8 Å². The van der Waals surface area contributed by atoms with E-state index in [0.29, 0.717) is 18.4 Å². The summed E-state index contributed by atoms with van der Waals surface area (Å²) in [5, 5.41) is 25.4. The number of nitrogens with one attached hydrogen (secondary N) is 6. The molecule has 15 nitrogen and oxygen atoms in total. The predicted octanol–water partition coefficient (Wildman–Crippen LogP) is 0.615. The molecule has 2 aromatic heterocycles. The van der Waals surface area contributed by atoms with Crippen LogP contribution in [0.2, 0.25) is 0 Å². The first-order valence-electron chi connectivity index (χ1n) is 18.3. The molecule has 2 aliphatic heterocycles. The Kier molecular flexibility index (Phi) is 13.2. The van der Waals surface area contributed by atoms with Gasteiger partial charge in [0.1, 0.15) is 30.2 Å². The van der Waals surface area contributed by atoms with Gasteiger partial charge < -0.3 is 41.6 Å². The van der Waals surface area contributed by atoms with Gasteiger partial charge in [0.15, 0.2) is 0 Å². The second kappa shape index (κ2) is 17.9. The fourth-order valence-electron chi connectivity index (χ4n) is 6.88. The van der Waals surface area contributed by atoms with Crippen LogP contribution in [-0.2, 0) is 41.6 Å². The highest BCUT2D eigenvalue weighted by atomic mass is 16.3. The summed E-state index contributed by atoms with van der Waals surface area (Å²) in [7, 11) is 0. The number of H-pyrrole nitrogens is 1. The Bertz CT molecular complexity index is 1780. The summed E-state index contributed by atoms with van der Waals surface area (Å²) in [6, 6.07) is 5.74. The molecule has 2 fully saturated rings. The smallest absolute Gasteiger partial charge is 0.245 e. The molecule has 3 aromatic rings. The molecule has 2 aliphatic rings. The van der Waals surface area contributed by atoms with Crippen LogP contribution in [0.15, 0.2) is 55.0 Å². The molecule has 5 rings (SSSR count). The standard InChI is InChI=1S/C38H50N8O7/c1-22(2)15-31-38(53)46-21-26(47)18-32(46)37(52)40-14-7-6-12-29(43-33(48)16-24-9-8-13-39-19-24)35(50)42-23(3)34(49)44-30(36(51)45-31)17-25-20-41-28-11-5-4-10-27(25)28/h4-5,8-11,13,19-20,22-23,26,29-32,41,47H,6-7,12,14-18,21H2,1-3H3,(H,40,52)(H,42,50)(H,43,48)(H,44,49)(H,45,51)/t23-,26-,29+,30+,31-,32+/m1/s1. The Morgan fingerprint density at radius 2 is 1.74 bits per heavy atom. The second-order valence-electron chi connectivity index (χ2n) is 14.4. The fraction of sp³-hybridized carbons (Fsp3) is 0.500. The molecule has 0 radical (unpaired) electrons. The molecule has 0 spiro atoms. The third-order valence-corrected chi connectivity index (χ3v) is 9.63. The van der Waals surface area contributed by atoms with Gasteiger partial charge in [0, 0.05) is 55.4 Å². The third-order valence-electron chi connectivity index (χ3n) is 9.63. The molecule has 0 bridgehead atoms. The maximum absolute atomic E-state index is 14.1. The Morgan fingerprint density at radius 3 is 2.49 bits per heavy atom. The van der Waals surface area contributed by atoms with Crippen LogP contribution in [0, 0.1) is 5.92 Å². The van der Waals surface area contributed by atoms with E-state index in [0.717, 1.165) is 16.5 Å². The number of para-hydroxylation sites is 1. The van der Waals surface area contributed by atoms with Gasteiger partial charge in [0.2, 0.25) is 35.4 Å². The van der Waals surface area contributed by atoms with Crippen LogP contribution in [0.3, 0.4) is 0 Å². The summed E-state index contributed by atoms with van der Waals surface area (Å²) in [5.41, 5.74) is 2.25. The number of carbonyl (C=O) groups excluding carboxylic acids is 6. The highest BCUT2D eigenvalue weighted by Crippen LogP contribution is 2.23. The number of hydrogen-bond acceptors (Lipinski definition) is 8. The van der Waals surface area contributed by atoms with Crippen molar-refractivity contribution in [3.8, 4) is 0 Å². The zero-order chi connectivity index (χ0) is 38.1. The first-order chi connectivity index (χ1) is 25.4. The van der Waals surface area contributed by atoms with Crippen LogP contribution < -0.4 is 26.6 Å². The lowest BCUT2D eigenvalue weighted by Gasteiger charge is -2.30. The van der Waals surface area contributed by atoms with Crippen LogP contribution in [0.5, 0.6) is 0 Å². The van der Waals surface area contributed by atoms with Crippen molar-refractivity contribution in [2.45, 2.75) is 102 Å². The molecule has 53 heavy (non-hydrogen) atoms. The number of aromatic nitrogens is 2. The molecular weight excluding hydrogens is 680 g/mol. The van der Waals surface area contributed by atoms with Gasteiger partial charge in [-0.3, -0.25) is 33.8 Å². The molecule has 0 saturated carbocycles. The minimum absolute atomic E-state index is 0.00535. The van der Waals surface area contributed by atoms with E-state index in [9.17, 15) is 33.9 Å². The average molecular weight is 731 g/mol. The third kappa shape index (κ3) is 10.4. The Hall–Kier alpha value is -5.31. The molecule has 7 N–H and O–H groups in total. The molecule has 6 amide bonds. The highest BCUT2D eigenvalue weighted by Gasteiger charge is 2.42. The lowest BCUT2D eigenvalue weighted by molar-refractivity contribution is -0.142. The SMILES string of the molecule is CC(C)C[C@H]1NC(=O)[C@H](Cc2c[nH]c3ccccc23)NC(=O)[C@@H](C)NC(=O)[C@@H](NC(=O)Cc2cccnc2)CCCCNC(=O)[C@@H]2C[C@@H](O)CN2C1=O. The summed E-state index contributed by atoms with van der Waals surface area (Å²) in [6.45, 7) is 5.46. The van der Waals surface area contributed by atoms with Crippen LogP contribution in [0.1, 0.15) is 64.0 Å². The molecule has 284 valence electrons. The summed E-state index contributed by atoms with van der Waals surface area (Å²) in [6.07, 6.45) is 5.44. The van der Waals surface area contributed by atoms with Gasteiger partial charge in [-0.25, -0.2) is 0 Å². The number of rotatable bonds is 7. The van der Waals surface area contributed by atoms with Crippen LogP contribution in [0.25, 0.3) is 10.9 Å². The first kappa shape index (κ1) is 38.9. The first-order valence-corrected chi connectivity index (χ1v) is 18.3. The summed E-state index contributed by atoms with van der Waals surface area (Å²) < 4.78 is 0. The van der Waals surface area contributed by atoms with Gasteiger partial charge in [-0.2, -0.15) is 0 Å². The summed E-state index contributed by atoms with van der Waals surface area (Å²) in [5.74, 6) is -3.20. The van der Waals surface area contributed by atoms with E-state index in [1.54, 1.807) is 30.7 Å². The van der Waals surface area contributed by atoms with E-state index in [-0.39, 0.29) is 51.1 Å². The largest absolute Gasteiger partial charge is 0.391 e. The van der Waals surface area contributed by atoms with Crippen molar-refractivity contribution in [2.24, 2.45) is 5.92 Å². The molecular formula is C38H50N8O7. The van der Waals surface area contributed by atoms with E-state index >= 15 is 0 Å². The number of amides is 6. The van der Waals surface area contributed by atoms with Crippen molar-refractivity contribution >= 4 is 46.3 Å². The molecule has 6 atom stereocenters. The Balaban J connectivity index is 1.43. The summed E-state index contributed by atoms with van der Waals surface area (Å²) in [4.78, 5) is 90.4. The maximum atomic E-state index is 14.1. The van der Waals surface area contributed by atoms with Gasteiger partial charge in [0.05, 0.1) is 12.5 Å². The van der Waals surface area contributed by atoms with Crippen molar-refractivity contribution in [3.05, 3.63) is 66.1 Å². The number of pyridine rings is 1. The number of nitrogens with zero attached hydrogens (tertiary/aromatic N) is 2. The Morgan fingerprint density at radius 1 is 0.962 bits per heavy atom. The lowest BCUT2D eigenvalue weighted by Crippen LogP contribution is -2.59. The zero-order valence-electron chi connectivity index (χ0n) is 30.4. The number of hydrogen-bond donors (Lipinski definition) is 7. The number of fused-ring (bicyclic) bond motifs is 2. The van der Waals surface area contributed by atoms with Crippen molar-refractivity contribution in [2.75, 3.05) is 13.1 Å². The fourth-order valence-corrected chi connectivity index (χ4v) is 6.88. The van der Waals surface area contributed by atoms with E-state index < -0.39 is 71.8 Å².